The largest absolute Gasteiger partial charge is 0.512 e. The quantitative estimate of drug-likeness (QED) is 0.636. The van der Waals surface area contributed by atoms with Crippen molar-refractivity contribution < 1.29 is 39.5 Å². The first-order valence-corrected chi connectivity index (χ1v) is 7.95. The Bertz CT molecular complexity index is 737. The zero-order valence-electron chi connectivity index (χ0n) is 10.2. The summed E-state index contributed by atoms with van der Waals surface area (Å²) in [7, 11) is -11.0. The van der Waals surface area contributed by atoms with Gasteiger partial charge in [0.2, 0.25) is 0 Å². The Hall–Kier alpha value is -1.66. The highest BCUT2D eigenvalue weighted by Crippen LogP contribution is 2.24. The van der Waals surface area contributed by atoms with E-state index in [1.165, 1.54) is 0 Å². The Labute approximate surface area is 117 Å². The van der Waals surface area contributed by atoms with Gasteiger partial charge in [0.1, 0.15) is 5.75 Å². The van der Waals surface area contributed by atoms with Gasteiger partial charge in [0.25, 0.3) is 10.0 Å². The maximum Gasteiger partial charge on any atom is 0.512 e. The number of rotatable bonds is 4. The number of hydrogen-bond donors (Lipinski definition) is 1. The van der Waals surface area contributed by atoms with Crippen LogP contribution in [0.5, 0.6) is 5.75 Å². The number of alkyl halides is 3. The molecule has 21 heavy (non-hydrogen) atoms. The Morgan fingerprint density at radius 3 is 1.95 bits per heavy atom. The molecular formula is C9H8F3NO6S2. The van der Waals surface area contributed by atoms with Crippen LogP contribution in [0.3, 0.4) is 0 Å². The first kappa shape index (κ1) is 17.4. The molecule has 118 valence electrons. The number of ether oxygens (including phenoxy) is 1. The maximum atomic E-state index is 12.1. The van der Waals surface area contributed by atoms with E-state index in [1.807, 2.05) is 0 Å². The predicted octanol–water partition coefficient (Wildman–Crippen LogP) is 0.740. The van der Waals surface area contributed by atoms with Crippen LogP contribution in [-0.2, 0) is 24.8 Å². The van der Waals surface area contributed by atoms with Crippen LogP contribution in [0.1, 0.15) is 6.92 Å². The highest BCUT2D eigenvalue weighted by molar-refractivity contribution is 8.05. The molecule has 0 unspecified atom stereocenters. The van der Waals surface area contributed by atoms with Gasteiger partial charge in [0.15, 0.2) is 0 Å². The lowest BCUT2D eigenvalue weighted by molar-refractivity contribution is -0.131. The van der Waals surface area contributed by atoms with Crippen molar-refractivity contribution in [3.8, 4) is 5.75 Å². The number of carbonyl (C=O) groups is 1. The summed E-state index contributed by atoms with van der Waals surface area (Å²) < 4.78 is 86.1. The van der Waals surface area contributed by atoms with Gasteiger partial charge in [0.05, 0.1) is 4.90 Å². The van der Waals surface area contributed by atoms with Crippen LogP contribution in [0.4, 0.5) is 13.2 Å². The molecule has 12 heteroatoms. The van der Waals surface area contributed by atoms with Gasteiger partial charge in [-0.2, -0.15) is 13.2 Å². The van der Waals surface area contributed by atoms with E-state index in [0.717, 1.165) is 31.2 Å². The zero-order chi connectivity index (χ0) is 16.5. The lowest BCUT2D eigenvalue weighted by Gasteiger charge is -2.10. The first-order valence-electron chi connectivity index (χ1n) is 4.98. The van der Waals surface area contributed by atoms with Gasteiger partial charge in [0, 0.05) is 6.92 Å². The second-order valence-electron chi connectivity index (χ2n) is 3.60. The molecule has 0 fully saturated rings. The fraction of sp³-hybridized carbons (Fsp3) is 0.222. The van der Waals surface area contributed by atoms with Gasteiger partial charge >= 0.3 is 21.5 Å². The number of sulfonamides is 2. The average molecular weight is 347 g/mol. The molecule has 0 aliphatic carbocycles. The Morgan fingerprint density at radius 1 is 1.10 bits per heavy atom. The minimum Gasteiger partial charge on any atom is -0.427 e. The molecular weight excluding hydrogens is 339 g/mol. The number of hydrogen-bond acceptors (Lipinski definition) is 6. The highest BCUT2D eigenvalue weighted by Gasteiger charge is 2.48. The molecule has 0 radical (unpaired) electrons. The second-order valence-corrected chi connectivity index (χ2v) is 7.22. The molecule has 0 aliphatic heterocycles. The van der Waals surface area contributed by atoms with Gasteiger partial charge in [-0.3, -0.25) is 4.79 Å². The topological polar surface area (TPSA) is 107 Å². The van der Waals surface area contributed by atoms with E-state index >= 15 is 0 Å². The van der Waals surface area contributed by atoms with Crippen molar-refractivity contribution in [1.29, 1.82) is 0 Å². The summed E-state index contributed by atoms with van der Waals surface area (Å²) in [5.74, 6) is -0.747. The summed E-state index contributed by atoms with van der Waals surface area (Å²) in [6.07, 6.45) is 0. The maximum absolute atomic E-state index is 12.1. The molecule has 7 nitrogen and oxygen atoms in total. The molecule has 0 atom stereocenters. The van der Waals surface area contributed by atoms with Crippen LogP contribution >= 0.6 is 0 Å². The van der Waals surface area contributed by atoms with Crippen LogP contribution in [0.15, 0.2) is 29.2 Å². The SMILES string of the molecule is CC(=O)Oc1ccc(S(=O)(=O)NS(=O)(=O)C(F)(F)F)cc1. The Kier molecular flexibility index (Phi) is 4.65. The van der Waals surface area contributed by atoms with E-state index < -0.39 is 36.4 Å². The van der Waals surface area contributed by atoms with Crippen molar-refractivity contribution in [3.05, 3.63) is 24.3 Å². The third-order valence-corrected chi connectivity index (χ3v) is 5.18. The van der Waals surface area contributed by atoms with Crippen LogP contribution < -0.4 is 8.86 Å². The molecule has 0 bridgehead atoms. The third kappa shape index (κ3) is 4.41. The van der Waals surface area contributed by atoms with Crippen molar-refractivity contribution in [1.82, 2.24) is 4.13 Å². The Morgan fingerprint density at radius 2 is 1.57 bits per heavy atom. The number of halogens is 3. The molecule has 1 rings (SSSR count). The van der Waals surface area contributed by atoms with E-state index in [1.54, 1.807) is 0 Å². The van der Waals surface area contributed by atoms with Gasteiger partial charge in [-0.15, -0.1) is 0 Å². The van der Waals surface area contributed by atoms with Gasteiger partial charge in [-0.1, -0.05) is 4.13 Å². The second kappa shape index (κ2) is 5.61. The summed E-state index contributed by atoms with van der Waals surface area (Å²) in [6, 6.07) is 3.53. The molecule has 0 saturated heterocycles. The molecule has 0 amide bonds. The smallest absolute Gasteiger partial charge is 0.427 e. The lowest BCUT2D eigenvalue weighted by atomic mass is 10.3. The van der Waals surface area contributed by atoms with Gasteiger partial charge in [-0.25, -0.2) is 16.8 Å². The summed E-state index contributed by atoms with van der Waals surface area (Å²) in [5.41, 5.74) is -5.77. The van der Waals surface area contributed by atoms with Crippen LogP contribution in [0.25, 0.3) is 0 Å². The molecule has 1 aromatic rings. The molecule has 0 aromatic heterocycles. The molecule has 0 saturated carbocycles. The van der Waals surface area contributed by atoms with E-state index in [2.05, 4.69) is 4.74 Å². The lowest BCUT2D eigenvalue weighted by Crippen LogP contribution is -2.40. The Balaban J connectivity index is 3.07. The van der Waals surface area contributed by atoms with Crippen LogP contribution in [0.2, 0.25) is 0 Å². The van der Waals surface area contributed by atoms with E-state index in [-0.39, 0.29) is 5.75 Å². The summed E-state index contributed by atoms with van der Waals surface area (Å²) >= 11 is 0. The number of carbonyl (C=O) groups excluding carboxylic acids is 1. The van der Waals surface area contributed by atoms with E-state index in [4.69, 9.17) is 0 Å². The monoisotopic (exact) mass is 347 g/mol. The highest BCUT2D eigenvalue weighted by atomic mass is 32.3. The van der Waals surface area contributed by atoms with Crippen molar-refractivity contribution in [2.45, 2.75) is 17.3 Å². The number of esters is 1. The fourth-order valence-corrected chi connectivity index (χ4v) is 3.51. The molecule has 1 N–H and O–H groups in total. The summed E-state index contributed by atoms with van der Waals surface area (Å²) in [4.78, 5) is 9.89. The third-order valence-electron chi connectivity index (χ3n) is 1.92. The number of nitrogens with one attached hydrogen (secondary N) is 1. The van der Waals surface area contributed by atoms with Gasteiger partial charge in [-0.05, 0) is 24.3 Å². The molecule has 0 heterocycles. The minimum absolute atomic E-state index is 0.0554. The van der Waals surface area contributed by atoms with Crippen molar-refractivity contribution >= 4 is 26.0 Å². The molecule has 1 aromatic carbocycles. The molecule has 0 aliphatic rings. The average Bonchev–Trinajstić information content (AvgIpc) is 2.25. The summed E-state index contributed by atoms with van der Waals surface area (Å²) in [5, 5.41) is 0. The zero-order valence-corrected chi connectivity index (χ0v) is 11.8. The standard InChI is InChI=1S/C9H8F3NO6S2/c1-6(14)19-7-2-4-8(5-3-7)20(15,16)13-21(17,18)9(10,11)12/h2-5,13H,1H3. The normalized spacial score (nSPS) is 13.0. The summed E-state index contributed by atoms with van der Waals surface area (Å²) in [6.45, 7) is 1.09. The predicted molar refractivity (Wildman–Crippen MR) is 63.0 cm³/mol. The van der Waals surface area contributed by atoms with Crippen molar-refractivity contribution in [3.63, 3.8) is 0 Å². The molecule has 0 spiro atoms. The minimum atomic E-state index is -6.06. The van der Waals surface area contributed by atoms with Crippen molar-refractivity contribution in [2.75, 3.05) is 0 Å². The van der Waals surface area contributed by atoms with E-state index in [0.29, 0.717) is 4.13 Å². The van der Waals surface area contributed by atoms with E-state index in [9.17, 15) is 34.8 Å². The number of benzene rings is 1. The first-order chi connectivity index (χ1) is 9.35. The van der Waals surface area contributed by atoms with Crippen LogP contribution in [-0.4, -0.2) is 28.3 Å². The van der Waals surface area contributed by atoms with Crippen LogP contribution in [0, 0.1) is 0 Å². The van der Waals surface area contributed by atoms with Gasteiger partial charge < -0.3 is 4.74 Å². The fourth-order valence-electron chi connectivity index (χ4n) is 1.09. The van der Waals surface area contributed by atoms with Crippen molar-refractivity contribution in [2.24, 2.45) is 0 Å².